The summed E-state index contributed by atoms with van der Waals surface area (Å²) in [6.07, 6.45) is 0.324. The summed E-state index contributed by atoms with van der Waals surface area (Å²) in [5.41, 5.74) is 0.554. The maximum absolute atomic E-state index is 13.5. The second kappa shape index (κ2) is 12.1. The third-order valence-corrected chi connectivity index (χ3v) is 11.9. The monoisotopic (exact) mass is 608 g/mol. The van der Waals surface area contributed by atoms with E-state index >= 15 is 0 Å². The van der Waals surface area contributed by atoms with Crippen molar-refractivity contribution in [3.05, 3.63) is 34.9 Å². The zero-order valence-corrected chi connectivity index (χ0v) is 24.7. The smallest absolute Gasteiger partial charge is 0.260 e. The van der Waals surface area contributed by atoms with Gasteiger partial charge in [0.05, 0.1) is 44.6 Å². The Hall–Kier alpha value is -1.58. The fourth-order valence-electron chi connectivity index (χ4n) is 2.63. The van der Waals surface area contributed by atoms with E-state index in [9.17, 15) is 22.8 Å². The van der Waals surface area contributed by atoms with Gasteiger partial charge in [0.1, 0.15) is 6.10 Å². The number of aromatic nitrogens is 2. The van der Waals surface area contributed by atoms with Gasteiger partial charge in [0.2, 0.25) is 11.8 Å². The first-order valence-corrected chi connectivity index (χ1v) is 18.8. The van der Waals surface area contributed by atoms with E-state index in [-0.39, 0.29) is 28.2 Å². The molecule has 2 rings (SSSR count). The summed E-state index contributed by atoms with van der Waals surface area (Å²) in [4.78, 5) is 8.68. The van der Waals surface area contributed by atoms with Crippen molar-refractivity contribution in [3.8, 4) is 5.88 Å². The molecule has 0 amide bonds. The van der Waals surface area contributed by atoms with Crippen LogP contribution in [0.1, 0.15) is 13.8 Å². The Morgan fingerprint density at radius 2 is 1.77 bits per heavy atom. The molecule has 1 aromatic heterocycles. The van der Waals surface area contributed by atoms with Crippen molar-refractivity contribution in [2.24, 2.45) is 3.77 Å². The number of ether oxygens (including phenoxy) is 1. The first-order valence-electron chi connectivity index (χ1n) is 11.0. The molecule has 0 aliphatic heterocycles. The Morgan fingerprint density at radius 1 is 1.14 bits per heavy atom. The zero-order chi connectivity index (χ0) is 26.4. The zero-order valence-electron chi connectivity index (χ0n) is 20.4. The van der Waals surface area contributed by atoms with Crippen LogP contribution < -0.4 is 10.1 Å². The number of halogens is 1. The van der Waals surface area contributed by atoms with Crippen molar-refractivity contribution in [2.45, 2.75) is 56.6 Å². The molecule has 1 heterocycles. The van der Waals surface area contributed by atoms with Crippen molar-refractivity contribution in [1.29, 1.82) is 0 Å². The molecule has 1 unspecified atom stereocenters. The molecule has 0 spiro atoms. The summed E-state index contributed by atoms with van der Waals surface area (Å²) >= 11 is 3.32. The molecule has 3 atom stereocenters. The number of aliphatic hydroxyl groups excluding tert-OH is 2. The van der Waals surface area contributed by atoms with Gasteiger partial charge >= 0.3 is 0 Å². The van der Waals surface area contributed by atoms with Crippen LogP contribution in [0.4, 0.5) is 11.6 Å². The number of benzene rings is 1. The van der Waals surface area contributed by atoms with Gasteiger partial charge in [-0.25, -0.2) is 17.6 Å². The minimum absolute atomic E-state index is 0.163. The maximum Gasteiger partial charge on any atom is 0.260 e. The molecule has 0 bridgehead atoms. The van der Waals surface area contributed by atoms with E-state index in [1.165, 1.54) is 18.3 Å². The fraction of sp³-hybridized carbons (Fsp3) is 0.524. The first kappa shape index (κ1) is 29.6. The number of aliphatic hydroxyl groups is 2. The number of anilines is 2. The predicted octanol–water partition coefficient (Wildman–Crippen LogP) is 3.62. The van der Waals surface area contributed by atoms with Gasteiger partial charge in [-0.1, -0.05) is 19.6 Å². The van der Waals surface area contributed by atoms with Crippen LogP contribution in [0.15, 0.2) is 43.6 Å². The Balaban J connectivity index is 2.28. The summed E-state index contributed by atoms with van der Waals surface area (Å²) in [5.74, 6) is 0.0255. The Kier molecular flexibility index (Phi) is 10.3. The summed E-state index contributed by atoms with van der Waals surface area (Å²) < 4.78 is 48.5. The van der Waals surface area contributed by atoms with Crippen molar-refractivity contribution in [1.82, 2.24) is 9.97 Å². The molecule has 14 heteroatoms. The molecule has 0 aliphatic carbocycles. The highest BCUT2D eigenvalue weighted by molar-refractivity contribution is 9.10. The van der Waals surface area contributed by atoms with Crippen LogP contribution in [0.2, 0.25) is 25.7 Å². The second-order valence-electron chi connectivity index (χ2n) is 9.30. The molecule has 0 fully saturated rings. The predicted molar refractivity (Wildman–Crippen MR) is 144 cm³/mol. The molecule has 0 saturated heterocycles. The average molecular weight is 610 g/mol. The summed E-state index contributed by atoms with van der Waals surface area (Å²) in [6, 6.07) is 6.71. The summed E-state index contributed by atoms with van der Waals surface area (Å²) in [5, 5.41) is 22.1. The molecular weight excluding hydrogens is 576 g/mol. The van der Waals surface area contributed by atoms with E-state index in [0.717, 1.165) is 0 Å². The molecule has 35 heavy (non-hydrogen) atoms. The van der Waals surface area contributed by atoms with Crippen LogP contribution in [0.5, 0.6) is 5.88 Å². The molecule has 0 aliphatic rings. The van der Waals surface area contributed by atoms with E-state index in [0.29, 0.717) is 16.2 Å². The lowest BCUT2D eigenvalue weighted by molar-refractivity contribution is 0.0569. The van der Waals surface area contributed by atoms with Crippen LogP contribution in [-0.2, 0) is 19.8 Å². The van der Waals surface area contributed by atoms with Gasteiger partial charge in [0, 0.05) is 18.7 Å². The van der Waals surface area contributed by atoms with E-state index in [4.69, 9.17) is 4.74 Å². The van der Waals surface area contributed by atoms with Crippen LogP contribution in [-0.4, -0.2) is 71.2 Å². The van der Waals surface area contributed by atoms with Crippen LogP contribution in [0.3, 0.4) is 0 Å². The molecule has 2 aromatic rings. The highest BCUT2D eigenvalue weighted by Gasteiger charge is 2.22. The van der Waals surface area contributed by atoms with E-state index in [1.807, 2.05) is 0 Å². The number of nitrogens with one attached hydrogen (secondary N) is 1. The highest BCUT2D eigenvalue weighted by Crippen LogP contribution is 2.26. The minimum Gasteiger partial charge on any atom is -0.471 e. The maximum atomic E-state index is 13.5. The number of nitrogens with zero attached hydrogens (tertiary/aromatic N) is 3. The van der Waals surface area contributed by atoms with Gasteiger partial charge in [-0.15, -0.1) is 3.77 Å². The fourth-order valence-corrected chi connectivity index (χ4v) is 9.85. The molecule has 196 valence electrons. The molecule has 3 N–H and O–H groups in total. The number of rotatable bonds is 12. The number of sulfonamides is 1. The Labute approximate surface area is 216 Å². The van der Waals surface area contributed by atoms with E-state index in [2.05, 4.69) is 54.6 Å². The Bertz CT molecular complexity index is 1230. The van der Waals surface area contributed by atoms with Gasteiger partial charge in [0.15, 0.2) is 0 Å². The third kappa shape index (κ3) is 9.42. The third-order valence-electron chi connectivity index (χ3n) is 4.88. The summed E-state index contributed by atoms with van der Waals surface area (Å²) in [7, 11) is -8.93. The van der Waals surface area contributed by atoms with Crippen LogP contribution in [0.25, 0.3) is 0 Å². The van der Waals surface area contributed by atoms with Crippen molar-refractivity contribution in [2.75, 3.05) is 23.4 Å². The van der Waals surface area contributed by atoms with Crippen LogP contribution in [0, 0.1) is 0 Å². The SMILES string of the molecule is C[C@@H](O)[C@@H](C)Oc1nc(Nc2ccc(S(=O)(CCO)=NS(=O)(=O)CC[Si](C)(C)C)cc2)ncc1Br. The van der Waals surface area contributed by atoms with Crippen LogP contribution >= 0.6 is 15.9 Å². The average Bonchev–Trinajstić information content (AvgIpc) is 2.74. The molecule has 0 saturated carbocycles. The largest absolute Gasteiger partial charge is 0.471 e. The van der Waals surface area contributed by atoms with Crippen molar-refractivity contribution in [3.63, 3.8) is 0 Å². The topological polar surface area (TPSA) is 151 Å². The van der Waals surface area contributed by atoms with Gasteiger partial charge < -0.3 is 20.3 Å². The molecule has 0 radical (unpaired) electrons. The normalized spacial score (nSPS) is 15.7. The minimum atomic E-state index is -3.93. The molecular formula is C21H33BrN4O6S2Si. The lowest BCUT2D eigenvalue weighted by Crippen LogP contribution is -2.26. The standard InChI is InChI=1S/C21H33BrN4O6S2Si/c1-15(28)16(2)32-20-19(22)14-23-21(25-20)24-17-6-8-18(9-7-17)33(29,11-10-27)26-34(30,31)12-13-35(3,4)5/h6-9,14-16,27-28H,10-13H2,1-5H3,(H,23,24,25)/t15-,16-,33?/m1/s1. The number of hydrogen-bond acceptors (Lipinski definition) is 9. The number of hydrogen-bond donors (Lipinski definition) is 3. The quantitative estimate of drug-likeness (QED) is 0.307. The van der Waals surface area contributed by atoms with E-state index in [1.54, 1.807) is 26.0 Å². The first-order chi connectivity index (χ1) is 16.1. The van der Waals surface area contributed by atoms with Gasteiger partial charge in [0.25, 0.3) is 10.0 Å². The lowest BCUT2D eigenvalue weighted by atomic mass is 10.3. The molecule has 10 nitrogen and oxygen atoms in total. The van der Waals surface area contributed by atoms with Crippen molar-refractivity contribution < 1.29 is 27.6 Å². The van der Waals surface area contributed by atoms with E-state index < -0.39 is 46.6 Å². The van der Waals surface area contributed by atoms with Crippen molar-refractivity contribution >= 4 is 55.4 Å². The molecule has 1 aromatic carbocycles. The van der Waals surface area contributed by atoms with Gasteiger partial charge in [-0.3, -0.25) is 0 Å². The Morgan fingerprint density at radius 3 is 2.31 bits per heavy atom. The second-order valence-corrected chi connectivity index (χ2v) is 20.1. The lowest BCUT2D eigenvalue weighted by Gasteiger charge is -2.17. The summed E-state index contributed by atoms with van der Waals surface area (Å²) in [6.45, 7) is 9.02. The van der Waals surface area contributed by atoms with Gasteiger partial charge in [-0.2, -0.15) is 4.98 Å². The highest BCUT2D eigenvalue weighted by atomic mass is 79.9. The van der Waals surface area contributed by atoms with Gasteiger partial charge in [-0.05, 0) is 60.1 Å².